The molecule has 0 bridgehead atoms. The summed E-state index contributed by atoms with van der Waals surface area (Å²) in [6.45, 7) is 4.53. The van der Waals surface area contributed by atoms with Crippen molar-refractivity contribution >= 4 is 5.97 Å². The predicted molar refractivity (Wildman–Crippen MR) is 54.4 cm³/mol. The molecule has 0 aliphatic rings. The Morgan fingerprint density at radius 2 is 2.47 bits per heavy atom. The van der Waals surface area contributed by atoms with E-state index in [1.807, 2.05) is 6.92 Å². The lowest BCUT2D eigenvalue weighted by atomic mass is 10.2. The van der Waals surface area contributed by atoms with Gasteiger partial charge in [0.25, 0.3) is 0 Å². The highest BCUT2D eigenvalue weighted by molar-refractivity contribution is 5.69. The number of aliphatic carboxylic acids is 1. The number of hydrogen-bond donors (Lipinski definition) is 2. The lowest BCUT2D eigenvalue weighted by Gasteiger charge is -2.05. The van der Waals surface area contributed by atoms with Gasteiger partial charge < -0.3 is 14.8 Å². The zero-order valence-electron chi connectivity index (χ0n) is 8.99. The van der Waals surface area contributed by atoms with E-state index in [9.17, 15) is 4.79 Å². The number of aromatic nitrogens is 1. The minimum Gasteiger partial charge on any atom is -0.481 e. The van der Waals surface area contributed by atoms with E-state index in [1.165, 1.54) is 0 Å². The van der Waals surface area contributed by atoms with Gasteiger partial charge >= 0.3 is 5.97 Å². The Balaban J connectivity index is 2.28. The summed E-state index contributed by atoms with van der Waals surface area (Å²) in [4.78, 5) is 14.6. The molecule has 0 fully saturated rings. The Labute approximate surface area is 88.5 Å². The molecule has 1 aromatic heterocycles. The second kappa shape index (κ2) is 5.50. The van der Waals surface area contributed by atoms with Crippen LogP contribution in [0.1, 0.15) is 25.5 Å². The molecule has 1 atom stereocenters. The maximum atomic E-state index is 10.5. The third kappa shape index (κ3) is 3.71. The monoisotopic (exact) mass is 212 g/mol. The first-order valence-electron chi connectivity index (χ1n) is 5.00. The molecule has 2 N–H and O–H groups in total. The van der Waals surface area contributed by atoms with Crippen molar-refractivity contribution in [2.75, 3.05) is 6.54 Å². The van der Waals surface area contributed by atoms with E-state index in [0.29, 0.717) is 19.0 Å². The van der Waals surface area contributed by atoms with Crippen molar-refractivity contribution in [3.8, 4) is 0 Å². The first-order chi connectivity index (χ1) is 7.13. The van der Waals surface area contributed by atoms with Crippen molar-refractivity contribution in [2.45, 2.75) is 26.8 Å². The Bertz CT molecular complexity index is 322. The van der Waals surface area contributed by atoms with Crippen molar-refractivity contribution in [3.05, 3.63) is 17.8 Å². The molecule has 0 saturated heterocycles. The molecule has 5 nitrogen and oxygen atoms in total. The fourth-order valence-corrected chi connectivity index (χ4v) is 1.08. The number of oxazole rings is 1. The summed E-state index contributed by atoms with van der Waals surface area (Å²) in [5, 5.41) is 11.6. The molecule has 1 heterocycles. The fraction of sp³-hybridized carbons (Fsp3) is 0.600. The van der Waals surface area contributed by atoms with Gasteiger partial charge in [-0.3, -0.25) is 4.79 Å². The number of carbonyl (C=O) groups is 1. The molecule has 84 valence electrons. The van der Waals surface area contributed by atoms with Gasteiger partial charge in [-0.25, -0.2) is 4.98 Å². The molecule has 0 amide bonds. The molecule has 0 radical (unpaired) electrons. The Hall–Kier alpha value is -1.36. The van der Waals surface area contributed by atoms with Crippen molar-refractivity contribution in [1.29, 1.82) is 0 Å². The van der Waals surface area contributed by atoms with Gasteiger partial charge in [0.15, 0.2) is 0 Å². The molecular formula is C10H16N2O3. The van der Waals surface area contributed by atoms with Crippen LogP contribution in [0.25, 0.3) is 0 Å². The maximum absolute atomic E-state index is 10.5. The van der Waals surface area contributed by atoms with Gasteiger partial charge in [0, 0.05) is 13.0 Å². The largest absolute Gasteiger partial charge is 0.481 e. The van der Waals surface area contributed by atoms with Crippen molar-refractivity contribution < 1.29 is 14.3 Å². The topological polar surface area (TPSA) is 75.4 Å². The molecule has 0 aliphatic heterocycles. The van der Waals surface area contributed by atoms with Crippen LogP contribution < -0.4 is 5.32 Å². The van der Waals surface area contributed by atoms with E-state index < -0.39 is 11.9 Å². The highest BCUT2D eigenvalue weighted by atomic mass is 16.4. The zero-order chi connectivity index (χ0) is 11.3. The van der Waals surface area contributed by atoms with E-state index in [-0.39, 0.29) is 0 Å². The lowest BCUT2D eigenvalue weighted by Crippen LogP contribution is -2.25. The molecule has 0 aromatic carbocycles. The zero-order valence-corrected chi connectivity index (χ0v) is 8.99. The number of carboxylic acid groups (broad SMARTS) is 1. The maximum Gasteiger partial charge on any atom is 0.307 e. The Kier molecular flexibility index (Phi) is 4.30. The summed E-state index contributed by atoms with van der Waals surface area (Å²) < 4.78 is 5.35. The second-order valence-corrected chi connectivity index (χ2v) is 3.44. The van der Waals surface area contributed by atoms with Gasteiger partial charge in [0.05, 0.1) is 18.7 Å². The number of carboxylic acids is 1. The van der Waals surface area contributed by atoms with E-state index >= 15 is 0 Å². The van der Waals surface area contributed by atoms with Crippen molar-refractivity contribution in [1.82, 2.24) is 10.3 Å². The van der Waals surface area contributed by atoms with Gasteiger partial charge in [0.1, 0.15) is 5.76 Å². The molecule has 1 rings (SSSR count). The summed E-state index contributed by atoms with van der Waals surface area (Å²) in [6, 6.07) is 0. The first kappa shape index (κ1) is 11.7. The van der Waals surface area contributed by atoms with Crippen LogP contribution in [0.3, 0.4) is 0 Å². The summed E-state index contributed by atoms with van der Waals surface area (Å²) >= 11 is 0. The van der Waals surface area contributed by atoms with E-state index in [2.05, 4.69) is 10.3 Å². The van der Waals surface area contributed by atoms with E-state index in [1.54, 1.807) is 13.1 Å². The standard InChI is InChI=1S/C10H16N2O3/c1-3-8-5-12-9(15-8)6-11-4-7(2)10(13)14/h5,7,11H,3-4,6H2,1-2H3,(H,13,14). The SMILES string of the molecule is CCc1cnc(CNCC(C)C(=O)O)o1. The van der Waals surface area contributed by atoms with Gasteiger partial charge in [-0.15, -0.1) is 0 Å². The number of aryl methyl sites for hydroxylation is 1. The summed E-state index contributed by atoms with van der Waals surface area (Å²) in [6.07, 6.45) is 2.51. The normalized spacial score (nSPS) is 12.7. The summed E-state index contributed by atoms with van der Waals surface area (Å²) in [5.41, 5.74) is 0. The number of rotatable bonds is 6. The van der Waals surface area contributed by atoms with E-state index in [4.69, 9.17) is 9.52 Å². The van der Waals surface area contributed by atoms with Crippen LogP contribution in [0.2, 0.25) is 0 Å². The molecule has 0 aliphatic carbocycles. The third-order valence-corrected chi connectivity index (χ3v) is 2.10. The van der Waals surface area contributed by atoms with E-state index in [0.717, 1.165) is 12.2 Å². The number of hydrogen-bond acceptors (Lipinski definition) is 4. The van der Waals surface area contributed by atoms with Crippen molar-refractivity contribution in [2.24, 2.45) is 5.92 Å². The van der Waals surface area contributed by atoms with Crippen LogP contribution in [0.5, 0.6) is 0 Å². The Morgan fingerprint density at radius 1 is 1.73 bits per heavy atom. The molecular weight excluding hydrogens is 196 g/mol. The van der Waals surface area contributed by atoms with Crippen LogP contribution in [0.4, 0.5) is 0 Å². The molecule has 1 aromatic rings. The summed E-state index contributed by atoms with van der Waals surface area (Å²) in [5.74, 6) is 0.247. The van der Waals surface area contributed by atoms with Gasteiger partial charge in [0.2, 0.25) is 5.89 Å². The van der Waals surface area contributed by atoms with Crippen LogP contribution in [0, 0.1) is 5.92 Å². The third-order valence-electron chi connectivity index (χ3n) is 2.10. The first-order valence-corrected chi connectivity index (χ1v) is 5.00. The average molecular weight is 212 g/mol. The predicted octanol–water partition coefficient (Wildman–Crippen LogP) is 1.05. The van der Waals surface area contributed by atoms with Crippen LogP contribution in [-0.2, 0) is 17.8 Å². The quantitative estimate of drug-likeness (QED) is 0.737. The smallest absolute Gasteiger partial charge is 0.307 e. The molecule has 0 spiro atoms. The average Bonchev–Trinajstić information content (AvgIpc) is 2.65. The summed E-state index contributed by atoms with van der Waals surface area (Å²) in [7, 11) is 0. The number of nitrogens with zero attached hydrogens (tertiary/aromatic N) is 1. The van der Waals surface area contributed by atoms with Crippen LogP contribution >= 0.6 is 0 Å². The van der Waals surface area contributed by atoms with Crippen LogP contribution in [0.15, 0.2) is 10.6 Å². The lowest BCUT2D eigenvalue weighted by molar-refractivity contribution is -0.140. The van der Waals surface area contributed by atoms with Gasteiger partial charge in [-0.2, -0.15) is 0 Å². The van der Waals surface area contributed by atoms with Crippen molar-refractivity contribution in [3.63, 3.8) is 0 Å². The molecule has 1 unspecified atom stereocenters. The minimum atomic E-state index is -0.802. The fourth-order valence-electron chi connectivity index (χ4n) is 1.08. The van der Waals surface area contributed by atoms with Gasteiger partial charge in [-0.1, -0.05) is 13.8 Å². The van der Waals surface area contributed by atoms with Gasteiger partial charge in [-0.05, 0) is 0 Å². The Morgan fingerprint density at radius 3 is 3.00 bits per heavy atom. The van der Waals surface area contributed by atoms with Crippen LogP contribution in [-0.4, -0.2) is 22.6 Å². The highest BCUT2D eigenvalue weighted by Crippen LogP contribution is 2.03. The molecule has 5 heteroatoms. The highest BCUT2D eigenvalue weighted by Gasteiger charge is 2.10. The molecule has 0 saturated carbocycles. The number of nitrogens with one attached hydrogen (secondary N) is 1. The second-order valence-electron chi connectivity index (χ2n) is 3.44. The molecule has 15 heavy (non-hydrogen) atoms. The minimum absolute atomic E-state index is 0.398.